The molecule has 0 aliphatic rings. The highest BCUT2D eigenvalue weighted by Crippen LogP contribution is 2.45. The van der Waals surface area contributed by atoms with Gasteiger partial charge in [0.05, 0.1) is 108 Å². The maximum atomic E-state index is 14.0. The minimum Gasteiger partial charge on any atom is -0.275 e. The highest BCUT2D eigenvalue weighted by atomic mass is 16.1. The summed E-state index contributed by atoms with van der Waals surface area (Å²) >= 11 is 0. The molecule has 0 N–H and O–H groups in total. The lowest BCUT2D eigenvalue weighted by molar-refractivity contribution is 1.20. The van der Waals surface area contributed by atoms with Crippen LogP contribution in [0, 0.1) is 0 Å². The average molecular weight is 1770 g/mol. The fourth-order valence-corrected chi connectivity index (χ4v) is 20.4. The third-order valence-corrected chi connectivity index (χ3v) is 26.6. The van der Waals surface area contributed by atoms with Crippen LogP contribution in [0.2, 0.25) is 0 Å². The highest BCUT2D eigenvalue weighted by Gasteiger charge is 2.26. The Morgan fingerprint density at radius 3 is 0.674 bits per heavy atom. The van der Waals surface area contributed by atoms with E-state index in [0.717, 1.165) is 242 Å². The van der Waals surface area contributed by atoms with E-state index < -0.39 is 0 Å². The third-order valence-electron chi connectivity index (χ3n) is 26.6. The Bertz CT molecular complexity index is 9900. The van der Waals surface area contributed by atoms with Gasteiger partial charge in [0, 0.05) is 204 Å². The standard InChI is InChI=1S/C39H23N5O.C29H17N3O.C27H15N5O.C24H14N2O/c45-39-29-8-2-1-7-28(29)31-20-27(36-15-12-26(23-43-36)34-10-4-6-18-41-34)21-32-30-19-24(13-16-37(30)44(39)38(31)32)35-14-11-25(22-42-35)33-9-3-5-17-40-33;33-29-21-8-2-1-7-20(21)23-16-19(26-10-4-6-14-31-26)17-24-22-15-18(25-9-3-5-13-30-25)11-12-27(22)32(29)28(23)24;33-27-19-4-2-1-3-18(19)21-12-17(24-15-29-8-10-31-24)13-22-20-11-16(23-14-28-7-9-30-23)5-6-25(20)32(27)26(21)22;27-24-18-9-2-1-7-16(18)19-13-15(21-10-5-6-12-25-21)14-20-17-8-3-4-11-22(17)26(24)23(19)20/h1-23H;1-17H;1-15H;1-14H. The van der Waals surface area contributed by atoms with Crippen LogP contribution in [-0.2, 0) is 0 Å². The second-order valence-corrected chi connectivity index (χ2v) is 34.3. The zero-order chi connectivity index (χ0) is 91.7. The molecule has 0 unspecified atom stereocenters. The quantitative estimate of drug-likeness (QED) is 0.122. The van der Waals surface area contributed by atoms with Crippen LogP contribution in [-0.4, -0.2) is 72.4 Å². The SMILES string of the molecule is O=c1c2ccccc2c2cc(-c3ccc(-c4ccccn4)cn3)cc3c4cc(-c5ccc(-c6ccccn6)cn5)ccc4n1c23.O=c1c2ccccc2c2cc(-c3ccccn3)cc3c4cc(-c5ccccn5)ccc4n1c23.O=c1c2ccccc2c2cc(-c3ccccn3)cc3c4ccccc4n1c23.O=c1c2ccccc2c2cc(-c3cnccn3)cc3c4cc(-c5cnccn5)ccc4n1c23. The van der Waals surface area contributed by atoms with Crippen molar-refractivity contribution in [2.24, 2.45) is 0 Å². The normalized spacial score (nSPS) is 11.7. The van der Waals surface area contributed by atoms with E-state index in [1.54, 1.807) is 55.8 Å². The van der Waals surface area contributed by atoms with E-state index in [1.807, 2.05) is 303 Å². The zero-order valence-electron chi connectivity index (χ0n) is 73.2. The van der Waals surface area contributed by atoms with Crippen molar-refractivity contribution in [2.45, 2.75) is 0 Å². The molecule has 0 bridgehead atoms. The summed E-state index contributed by atoms with van der Waals surface area (Å²) in [5.41, 5.74) is 24.1. The van der Waals surface area contributed by atoms with Gasteiger partial charge in [0.25, 0.3) is 22.2 Å². The smallest absolute Gasteiger partial charge is 0.263 e. The lowest BCUT2D eigenvalue weighted by Crippen LogP contribution is -2.12. The third kappa shape index (κ3) is 13.0. The number of nitrogens with zero attached hydrogens (tertiary/aromatic N) is 15. The molecule has 0 spiro atoms. The molecule has 644 valence electrons. The molecule has 19 nitrogen and oxygen atoms in total. The van der Waals surface area contributed by atoms with Crippen LogP contribution in [0.15, 0.2) is 439 Å². The second kappa shape index (κ2) is 32.3. The number of pyridine rings is 11. The Morgan fingerprint density at radius 1 is 0.145 bits per heavy atom. The summed E-state index contributed by atoms with van der Waals surface area (Å²) in [5, 5.41) is 19.1. The Balaban J connectivity index is 0.0000000967. The summed E-state index contributed by atoms with van der Waals surface area (Å²) in [6.45, 7) is 0. The van der Waals surface area contributed by atoms with Gasteiger partial charge in [-0.05, 0) is 222 Å². The van der Waals surface area contributed by atoms with Gasteiger partial charge in [-0.3, -0.25) is 91.6 Å². The van der Waals surface area contributed by atoms with Crippen molar-refractivity contribution in [3.63, 3.8) is 0 Å². The van der Waals surface area contributed by atoms with E-state index >= 15 is 0 Å². The molecule has 0 aliphatic heterocycles. The molecule has 12 aromatic carbocycles. The van der Waals surface area contributed by atoms with Crippen LogP contribution in [0.5, 0.6) is 0 Å². The van der Waals surface area contributed by atoms with Gasteiger partial charge in [0.1, 0.15) is 0 Å². The average Bonchev–Trinajstić information content (AvgIpc) is 1.55. The Hall–Kier alpha value is -19.3. The number of rotatable bonds is 9. The number of para-hydroxylation sites is 1. The molecule has 17 aromatic heterocycles. The van der Waals surface area contributed by atoms with Gasteiger partial charge in [0.15, 0.2) is 0 Å². The minimum absolute atomic E-state index is 0.00859. The van der Waals surface area contributed by atoms with Gasteiger partial charge in [-0.25, -0.2) is 0 Å². The van der Waals surface area contributed by atoms with E-state index in [-0.39, 0.29) is 22.2 Å². The van der Waals surface area contributed by atoms with Crippen LogP contribution < -0.4 is 22.2 Å². The lowest BCUT2D eigenvalue weighted by Gasteiger charge is -2.09. The maximum Gasteiger partial charge on any atom is 0.263 e. The van der Waals surface area contributed by atoms with E-state index in [9.17, 15) is 19.2 Å². The first-order valence-corrected chi connectivity index (χ1v) is 45.2. The molecule has 17 heterocycles. The van der Waals surface area contributed by atoms with E-state index in [0.29, 0.717) is 10.8 Å². The van der Waals surface area contributed by atoms with Gasteiger partial charge in [-0.1, -0.05) is 140 Å². The summed E-state index contributed by atoms with van der Waals surface area (Å²) in [7, 11) is 0. The van der Waals surface area contributed by atoms with Crippen LogP contribution in [0.4, 0.5) is 0 Å². The molecule has 0 radical (unpaired) electrons. The van der Waals surface area contributed by atoms with Crippen LogP contribution in [0.1, 0.15) is 0 Å². The zero-order valence-corrected chi connectivity index (χ0v) is 73.2. The molecule has 0 saturated carbocycles. The van der Waals surface area contributed by atoms with Crippen LogP contribution in [0.3, 0.4) is 0 Å². The van der Waals surface area contributed by atoms with E-state index in [2.05, 4.69) is 124 Å². The van der Waals surface area contributed by atoms with Crippen molar-refractivity contribution in [1.82, 2.24) is 72.4 Å². The number of hydrogen-bond donors (Lipinski definition) is 0. The Kier molecular flexibility index (Phi) is 18.7. The maximum absolute atomic E-state index is 14.0. The lowest BCUT2D eigenvalue weighted by atomic mass is 9.99. The van der Waals surface area contributed by atoms with E-state index in [1.165, 1.54) is 0 Å². The van der Waals surface area contributed by atoms with Crippen LogP contribution in [0.25, 0.3) is 253 Å². The summed E-state index contributed by atoms with van der Waals surface area (Å²) in [6, 6.07) is 113. The predicted octanol–water partition coefficient (Wildman–Crippen LogP) is 25.1. The molecule has 29 aromatic rings. The molecule has 0 atom stereocenters. The van der Waals surface area contributed by atoms with Gasteiger partial charge < -0.3 is 0 Å². The van der Waals surface area contributed by atoms with Crippen LogP contribution >= 0.6 is 0 Å². The monoisotopic (exact) mass is 1770 g/mol. The molecular weight excluding hydrogens is 1700 g/mol. The number of hydrogen-bond acceptors (Lipinski definition) is 15. The van der Waals surface area contributed by atoms with Crippen molar-refractivity contribution in [3.05, 3.63) is 462 Å². The molecule has 0 amide bonds. The molecule has 138 heavy (non-hydrogen) atoms. The number of benzene rings is 12. The van der Waals surface area contributed by atoms with Gasteiger partial charge >= 0.3 is 0 Å². The first-order chi connectivity index (χ1) is 68.1. The number of aromatic nitrogens is 15. The Labute approximate surface area is 782 Å². The highest BCUT2D eigenvalue weighted by molar-refractivity contribution is 6.26. The largest absolute Gasteiger partial charge is 0.275 e. The van der Waals surface area contributed by atoms with Crippen molar-refractivity contribution in [3.8, 4) is 101 Å². The molecule has 0 aliphatic carbocycles. The molecule has 0 fully saturated rings. The summed E-state index contributed by atoms with van der Waals surface area (Å²) in [6.07, 6.45) is 22.9. The molecule has 19 heteroatoms. The first kappa shape index (κ1) is 79.7. The van der Waals surface area contributed by atoms with Gasteiger partial charge in [-0.15, -0.1) is 0 Å². The van der Waals surface area contributed by atoms with Crippen molar-refractivity contribution < 1.29 is 0 Å². The van der Waals surface area contributed by atoms with Gasteiger partial charge in [-0.2, -0.15) is 0 Å². The molecule has 0 saturated heterocycles. The van der Waals surface area contributed by atoms with Crippen molar-refractivity contribution in [2.75, 3.05) is 0 Å². The molecule has 29 rings (SSSR count). The topological polar surface area (TPSA) is 228 Å². The second-order valence-electron chi connectivity index (χ2n) is 34.3. The van der Waals surface area contributed by atoms with Gasteiger partial charge in [0.2, 0.25) is 0 Å². The van der Waals surface area contributed by atoms with E-state index in [4.69, 9.17) is 9.97 Å². The predicted molar refractivity (Wildman–Crippen MR) is 554 cm³/mol. The number of fused-ring (bicyclic) bond motifs is 20. The Morgan fingerprint density at radius 2 is 0.370 bits per heavy atom. The van der Waals surface area contributed by atoms with Crippen molar-refractivity contribution >= 4 is 152 Å². The van der Waals surface area contributed by atoms with Crippen molar-refractivity contribution in [1.29, 1.82) is 0 Å². The first-order valence-electron chi connectivity index (χ1n) is 45.2. The fourth-order valence-electron chi connectivity index (χ4n) is 20.4. The summed E-state index contributed by atoms with van der Waals surface area (Å²) in [5.74, 6) is 0. The fraction of sp³-hybridized carbons (Fsp3) is 0. The summed E-state index contributed by atoms with van der Waals surface area (Å²) < 4.78 is 7.44. The summed E-state index contributed by atoms with van der Waals surface area (Å²) in [4.78, 5) is 104. The molecular formula is C119H69N15O4. The minimum atomic E-state index is -0.0192.